The number of carbonyl (C=O) groups excluding carboxylic acids is 1. The van der Waals surface area contributed by atoms with Gasteiger partial charge in [-0.1, -0.05) is 23.2 Å². The molecule has 1 heterocycles. The first-order chi connectivity index (χ1) is 7.84. The molecule has 6 nitrogen and oxygen atoms in total. The molecule has 2 N–H and O–H groups in total. The molecule has 0 saturated carbocycles. The second kappa shape index (κ2) is 5.11. The summed E-state index contributed by atoms with van der Waals surface area (Å²) in [5, 5.41) is 16.9. The molecule has 0 aromatic carbocycles. The van der Waals surface area contributed by atoms with Crippen molar-refractivity contribution in [1.82, 2.24) is 4.98 Å². The average molecular weight is 278 g/mol. The van der Waals surface area contributed by atoms with E-state index in [0.717, 1.165) is 6.07 Å². The molecule has 0 aliphatic heterocycles. The van der Waals surface area contributed by atoms with Crippen molar-refractivity contribution in [3.05, 3.63) is 28.0 Å². The highest BCUT2D eigenvalue weighted by molar-refractivity contribution is 6.36. The van der Waals surface area contributed by atoms with Crippen LogP contribution in [0.2, 0.25) is 10.3 Å². The van der Waals surface area contributed by atoms with Crippen LogP contribution in [0, 0.1) is 5.92 Å². The predicted octanol–water partition coefficient (Wildman–Crippen LogP) is 1.36. The zero-order valence-corrected chi connectivity index (χ0v) is 9.57. The maximum absolute atomic E-state index is 11.6. The minimum Gasteiger partial charge on any atom is -0.480 e. The molecular formula is C9H5Cl2NO5. The van der Waals surface area contributed by atoms with Gasteiger partial charge in [-0.05, 0) is 12.1 Å². The lowest BCUT2D eigenvalue weighted by molar-refractivity contribution is -0.151. The van der Waals surface area contributed by atoms with Crippen LogP contribution in [0.3, 0.4) is 0 Å². The number of pyridine rings is 1. The Kier molecular flexibility index (Phi) is 4.03. The normalized spacial score (nSPS) is 10.3. The number of aliphatic carboxylic acids is 2. The molecule has 0 saturated heterocycles. The van der Waals surface area contributed by atoms with Crippen molar-refractivity contribution in [2.75, 3.05) is 0 Å². The van der Waals surface area contributed by atoms with Crippen molar-refractivity contribution >= 4 is 40.9 Å². The topological polar surface area (TPSA) is 105 Å². The van der Waals surface area contributed by atoms with Crippen LogP contribution in [0.15, 0.2) is 12.1 Å². The van der Waals surface area contributed by atoms with Gasteiger partial charge in [-0.25, -0.2) is 4.98 Å². The molecule has 17 heavy (non-hydrogen) atoms. The fourth-order valence-electron chi connectivity index (χ4n) is 1.08. The number of aromatic nitrogens is 1. The van der Waals surface area contributed by atoms with E-state index in [1.807, 2.05) is 0 Å². The second-order valence-electron chi connectivity index (χ2n) is 2.95. The van der Waals surface area contributed by atoms with Gasteiger partial charge in [-0.3, -0.25) is 14.4 Å². The van der Waals surface area contributed by atoms with E-state index < -0.39 is 23.6 Å². The second-order valence-corrected chi connectivity index (χ2v) is 3.69. The highest BCUT2D eigenvalue weighted by Gasteiger charge is 2.35. The largest absolute Gasteiger partial charge is 0.480 e. The molecule has 1 aromatic rings. The number of halogens is 2. The minimum atomic E-state index is -2.21. The van der Waals surface area contributed by atoms with Gasteiger partial charge in [0.2, 0.25) is 5.92 Å². The van der Waals surface area contributed by atoms with Crippen LogP contribution in [0.5, 0.6) is 0 Å². The fraction of sp³-hybridized carbons (Fsp3) is 0.111. The Morgan fingerprint density at radius 3 is 2.06 bits per heavy atom. The standard InChI is InChI=1S/C9H5Cl2NO5/c10-4-2-1-3(7(11)12-4)6(13)5(8(14)15)9(16)17/h1-2,5H,(H,14,15)(H,16,17). The maximum atomic E-state index is 11.6. The van der Waals surface area contributed by atoms with Crippen molar-refractivity contribution in [2.45, 2.75) is 0 Å². The number of ketones is 1. The van der Waals surface area contributed by atoms with Crippen molar-refractivity contribution in [2.24, 2.45) is 5.92 Å². The number of Topliss-reactive ketones (excluding diaryl/α,β-unsaturated/α-hetero) is 1. The first-order valence-electron chi connectivity index (χ1n) is 4.16. The Morgan fingerprint density at radius 1 is 1.12 bits per heavy atom. The third-order valence-corrected chi connectivity index (χ3v) is 2.33. The molecule has 0 atom stereocenters. The van der Waals surface area contributed by atoms with Crippen LogP contribution in [0.1, 0.15) is 10.4 Å². The average Bonchev–Trinajstić information content (AvgIpc) is 2.15. The number of rotatable bonds is 4. The van der Waals surface area contributed by atoms with E-state index in [-0.39, 0.29) is 15.9 Å². The summed E-state index contributed by atoms with van der Waals surface area (Å²) >= 11 is 11.1. The predicted molar refractivity (Wildman–Crippen MR) is 57.3 cm³/mol. The molecule has 0 aliphatic carbocycles. The molecule has 0 radical (unpaired) electrons. The minimum absolute atomic E-state index is 0.00810. The van der Waals surface area contributed by atoms with Crippen LogP contribution in [0.4, 0.5) is 0 Å². The van der Waals surface area contributed by atoms with E-state index >= 15 is 0 Å². The molecule has 90 valence electrons. The van der Waals surface area contributed by atoms with Crippen LogP contribution >= 0.6 is 23.2 Å². The molecule has 0 bridgehead atoms. The zero-order chi connectivity index (χ0) is 13.2. The van der Waals surface area contributed by atoms with Crippen molar-refractivity contribution in [3.63, 3.8) is 0 Å². The van der Waals surface area contributed by atoms with Gasteiger partial charge in [-0.2, -0.15) is 0 Å². The van der Waals surface area contributed by atoms with Crippen molar-refractivity contribution < 1.29 is 24.6 Å². The Labute approximate surface area is 105 Å². The molecule has 8 heteroatoms. The van der Waals surface area contributed by atoms with Gasteiger partial charge >= 0.3 is 11.9 Å². The van der Waals surface area contributed by atoms with Crippen LogP contribution < -0.4 is 0 Å². The molecule has 0 fully saturated rings. The third-order valence-electron chi connectivity index (χ3n) is 1.84. The van der Waals surface area contributed by atoms with E-state index in [1.54, 1.807) is 0 Å². The molecular weight excluding hydrogens is 273 g/mol. The number of nitrogens with zero attached hydrogens (tertiary/aromatic N) is 1. The van der Waals surface area contributed by atoms with Gasteiger partial charge in [0.25, 0.3) is 0 Å². The monoisotopic (exact) mass is 277 g/mol. The lowest BCUT2D eigenvalue weighted by Gasteiger charge is -2.07. The Bertz CT molecular complexity index is 488. The Balaban J connectivity index is 3.19. The molecule has 0 unspecified atom stereocenters. The molecule has 1 rings (SSSR count). The van der Waals surface area contributed by atoms with Crippen LogP contribution in [-0.4, -0.2) is 32.9 Å². The summed E-state index contributed by atoms with van der Waals surface area (Å²) in [6.45, 7) is 0. The van der Waals surface area contributed by atoms with Crippen molar-refractivity contribution in [1.29, 1.82) is 0 Å². The van der Waals surface area contributed by atoms with Gasteiger partial charge in [0.05, 0.1) is 5.56 Å². The van der Waals surface area contributed by atoms with Gasteiger partial charge in [0.1, 0.15) is 10.3 Å². The Hall–Kier alpha value is -1.66. The summed E-state index contributed by atoms with van der Waals surface area (Å²) in [7, 11) is 0. The fourth-order valence-corrected chi connectivity index (χ4v) is 1.52. The summed E-state index contributed by atoms with van der Waals surface area (Å²) < 4.78 is 0. The molecule has 0 aliphatic rings. The number of carbonyl (C=O) groups is 3. The van der Waals surface area contributed by atoms with Gasteiger partial charge in [0, 0.05) is 0 Å². The van der Waals surface area contributed by atoms with E-state index in [4.69, 9.17) is 33.4 Å². The third kappa shape index (κ3) is 2.92. The highest BCUT2D eigenvalue weighted by atomic mass is 35.5. The van der Waals surface area contributed by atoms with E-state index in [9.17, 15) is 14.4 Å². The van der Waals surface area contributed by atoms with Crippen LogP contribution in [0.25, 0.3) is 0 Å². The smallest absolute Gasteiger partial charge is 0.325 e. The van der Waals surface area contributed by atoms with Crippen molar-refractivity contribution in [3.8, 4) is 0 Å². The molecule has 1 aromatic heterocycles. The molecule has 0 amide bonds. The number of hydrogen-bond donors (Lipinski definition) is 2. The summed E-state index contributed by atoms with van der Waals surface area (Å²) in [5.74, 6) is -6.91. The van der Waals surface area contributed by atoms with Gasteiger partial charge < -0.3 is 10.2 Å². The van der Waals surface area contributed by atoms with E-state index in [0.29, 0.717) is 0 Å². The van der Waals surface area contributed by atoms with Crippen LogP contribution in [-0.2, 0) is 9.59 Å². The highest BCUT2D eigenvalue weighted by Crippen LogP contribution is 2.20. The summed E-state index contributed by atoms with van der Waals surface area (Å²) in [4.78, 5) is 36.4. The van der Waals surface area contributed by atoms with Gasteiger partial charge in [0.15, 0.2) is 5.78 Å². The maximum Gasteiger partial charge on any atom is 0.325 e. The number of carboxylic acid groups (broad SMARTS) is 2. The quantitative estimate of drug-likeness (QED) is 0.489. The summed E-state index contributed by atoms with van der Waals surface area (Å²) in [5.41, 5.74) is -0.300. The first-order valence-corrected chi connectivity index (χ1v) is 4.92. The Morgan fingerprint density at radius 2 is 1.65 bits per heavy atom. The summed E-state index contributed by atoms with van der Waals surface area (Å²) in [6.07, 6.45) is 0. The lowest BCUT2D eigenvalue weighted by atomic mass is 9.99. The first kappa shape index (κ1) is 13.4. The van der Waals surface area contributed by atoms with Gasteiger partial charge in [-0.15, -0.1) is 0 Å². The van der Waals surface area contributed by atoms with E-state index in [2.05, 4.69) is 4.98 Å². The number of hydrogen-bond acceptors (Lipinski definition) is 4. The lowest BCUT2D eigenvalue weighted by Crippen LogP contribution is -2.31. The SMILES string of the molecule is O=C(O)C(C(=O)O)C(=O)c1ccc(Cl)nc1Cl. The zero-order valence-electron chi connectivity index (χ0n) is 8.05. The molecule has 0 spiro atoms. The summed E-state index contributed by atoms with van der Waals surface area (Å²) in [6, 6.07) is 2.33. The number of carboxylic acids is 2. The van der Waals surface area contributed by atoms with E-state index in [1.165, 1.54) is 6.07 Å².